The van der Waals surface area contributed by atoms with Crippen molar-refractivity contribution in [3.63, 3.8) is 0 Å². The average Bonchev–Trinajstić information content (AvgIpc) is 2.78. The monoisotopic (exact) mass is 235 g/mol. The second-order valence-electron chi connectivity index (χ2n) is 3.93. The molecule has 2 N–H and O–H groups in total. The van der Waals surface area contributed by atoms with E-state index in [9.17, 15) is 10.1 Å². The smallest absolute Gasteiger partial charge is 0.269 e. The predicted octanol–water partition coefficient (Wildman–Crippen LogP) is 0.990. The minimum Gasteiger partial charge on any atom is -0.269 e. The van der Waals surface area contributed by atoms with Crippen LogP contribution < -0.4 is 11.1 Å². The van der Waals surface area contributed by atoms with Crippen LogP contribution in [0.5, 0.6) is 0 Å². The molecule has 0 bridgehead atoms. The average molecular weight is 235 g/mol. The first-order chi connectivity index (χ1) is 8.09. The van der Waals surface area contributed by atoms with Gasteiger partial charge in [0.15, 0.2) is 5.84 Å². The molecule has 2 rings (SSSR count). The van der Waals surface area contributed by atoms with Crippen LogP contribution in [0, 0.1) is 10.1 Å². The van der Waals surface area contributed by atoms with Gasteiger partial charge in [0.1, 0.15) is 0 Å². The number of nitro groups is 1. The summed E-state index contributed by atoms with van der Waals surface area (Å²) in [5, 5.41) is 16.6. The van der Waals surface area contributed by atoms with E-state index in [0.717, 1.165) is 0 Å². The number of amidine groups is 1. The molecule has 0 atom stereocenters. The third kappa shape index (κ3) is 2.18. The lowest BCUT2D eigenvalue weighted by Crippen LogP contribution is -2.45. The van der Waals surface area contributed by atoms with Crippen molar-refractivity contribution in [2.45, 2.75) is 19.9 Å². The van der Waals surface area contributed by atoms with Gasteiger partial charge in [0, 0.05) is 23.7 Å². The number of hydrogen-bond acceptors (Lipinski definition) is 6. The van der Waals surface area contributed by atoms with Crippen molar-refractivity contribution in [1.29, 1.82) is 0 Å². The van der Waals surface area contributed by atoms with Crippen molar-refractivity contribution in [1.82, 2.24) is 16.1 Å². The SMILES string of the molecule is CC(C)N1NNN=C1c1cccc([N+](=O)[O-])c1. The summed E-state index contributed by atoms with van der Waals surface area (Å²) in [6.45, 7) is 3.99. The number of benzene rings is 1. The van der Waals surface area contributed by atoms with Crippen LogP contribution in [0.15, 0.2) is 29.4 Å². The summed E-state index contributed by atoms with van der Waals surface area (Å²) in [6.07, 6.45) is 0. The molecule has 0 saturated carbocycles. The van der Waals surface area contributed by atoms with Crippen molar-refractivity contribution in [3.05, 3.63) is 39.9 Å². The van der Waals surface area contributed by atoms with Crippen LogP contribution in [0.1, 0.15) is 19.4 Å². The van der Waals surface area contributed by atoms with E-state index >= 15 is 0 Å². The quantitative estimate of drug-likeness (QED) is 0.603. The van der Waals surface area contributed by atoms with E-state index in [2.05, 4.69) is 16.2 Å². The maximum atomic E-state index is 10.7. The topological polar surface area (TPSA) is 82.8 Å². The van der Waals surface area contributed by atoms with Crippen LogP contribution in [0.4, 0.5) is 5.69 Å². The first-order valence-electron chi connectivity index (χ1n) is 5.22. The van der Waals surface area contributed by atoms with Gasteiger partial charge in [-0.2, -0.15) is 0 Å². The molecule has 0 aliphatic carbocycles. The van der Waals surface area contributed by atoms with Crippen LogP contribution in [0.25, 0.3) is 0 Å². The fourth-order valence-electron chi connectivity index (χ4n) is 1.57. The molecule has 1 aliphatic rings. The van der Waals surface area contributed by atoms with Gasteiger partial charge in [-0.1, -0.05) is 12.1 Å². The number of nitrogens with zero attached hydrogens (tertiary/aromatic N) is 3. The molecule has 90 valence electrons. The first kappa shape index (κ1) is 11.3. The van der Waals surface area contributed by atoms with E-state index in [4.69, 9.17) is 0 Å². The third-order valence-electron chi connectivity index (χ3n) is 2.39. The van der Waals surface area contributed by atoms with Crippen LogP contribution in [-0.4, -0.2) is 21.8 Å². The summed E-state index contributed by atoms with van der Waals surface area (Å²) in [5.41, 5.74) is 6.26. The Bertz CT molecular complexity index is 472. The lowest BCUT2D eigenvalue weighted by molar-refractivity contribution is -0.384. The molecule has 0 amide bonds. The van der Waals surface area contributed by atoms with Gasteiger partial charge in [0.05, 0.1) is 4.92 Å². The van der Waals surface area contributed by atoms with Crippen molar-refractivity contribution < 1.29 is 4.92 Å². The molecule has 0 aromatic heterocycles. The summed E-state index contributed by atoms with van der Waals surface area (Å²) in [5.74, 6) is 0.642. The highest BCUT2D eigenvalue weighted by molar-refractivity contribution is 5.99. The molecule has 1 heterocycles. The second kappa shape index (κ2) is 4.38. The zero-order chi connectivity index (χ0) is 12.4. The van der Waals surface area contributed by atoms with Gasteiger partial charge in [0.25, 0.3) is 5.69 Å². The van der Waals surface area contributed by atoms with E-state index in [0.29, 0.717) is 11.4 Å². The van der Waals surface area contributed by atoms with Crippen LogP contribution in [-0.2, 0) is 0 Å². The number of nitrogens with one attached hydrogen (secondary N) is 2. The molecule has 17 heavy (non-hydrogen) atoms. The molecule has 0 fully saturated rings. The van der Waals surface area contributed by atoms with Gasteiger partial charge in [-0.05, 0) is 13.8 Å². The molecular formula is C10H13N5O2. The minimum atomic E-state index is -0.417. The van der Waals surface area contributed by atoms with E-state index < -0.39 is 4.92 Å². The normalized spacial score (nSPS) is 14.8. The third-order valence-corrected chi connectivity index (χ3v) is 2.39. The Morgan fingerprint density at radius 1 is 1.47 bits per heavy atom. The zero-order valence-electron chi connectivity index (χ0n) is 9.54. The fourth-order valence-corrected chi connectivity index (χ4v) is 1.57. The Labute approximate surface area is 98.2 Å². The summed E-state index contributed by atoms with van der Waals surface area (Å²) in [4.78, 5) is 10.3. The Morgan fingerprint density at radius 2 is 2.24 bits per heavy atom. The van der Waals surface area contributed by atoms with Crippen molar-refractivity contribution >= 4 is 11.5 Å². The standard InChI is InChI=1S/C10H13N5O2/c1-7(2)14-10(11-12-13-14)8-4-3-5-9(6-8)15(16)17/h3-7,12-13H,1-2H3. The van der Waals surface area contributed by atoms with Crippen molar-refractivity contribution in [3.8, 4) is 0 Å². The maximum absolute atomic E-state index is 10.7. The van der Waals surface area contributed by atoms with Gasteiger partial charge in [-0.15, -0.1) is 10.6 Å². The Balaban J connectivity index is 2.34. The molecule has 7 heteroatoms. The lowest BCUT2D eigenvalue weighted by atomic mass is 10.1. The maximum Gasteiger partial charge on any atom is 0.270 e. The van der Waals surface area contributed by atoms with Gasteiger partial charge in [-0.3, -0.25) is 15.1 Å². The summed E-state index contributed by atoms with van der Waals surface area (Å²) in [6, 6.07) is 6.58. The molecule has 1 aliphatic heterocycles. The Hall–Kier alpha value is -2.15. The summed E-state index contributed by atoms with van der Waals surface area (Å²) < 4.78 is 0. The number of rotatable bonds is 3. The molecule has 0 radical (unpaired) electrons. The molecule has 0 spiro atoms. The molecule has 0 saturated heterocycles. The number of hydrazone groups is 1. The van der Waals surface area contributed by atoms with Gasteiger partial charge >= 0.3 is 0 Å². The lowest BCUT2D eigenvalue weighted by Gasteiger charge is -2.22. The number of nitro benzene ring substituents is 1. The molecular weight excluding hydrogens is 222 g/mol. The van der Waals surface area contributed by atoms with Crippen LogP contribution in [0.2, 0.25) is 0 Å². The van der Waals surface area contributed by atoms with Crippen molar-refractivity contribution in [2.24, 2.45) is 5.10 Å². The van der Waals surface area contributed by atoms with Gasteiger partial charge in [-0.25, -0.2) is 5.53 Å². The number of hydrogen-bond donors (Lipinski definition) is 2. The highest BCUT2D eigenvalue weighted by atomic mass is 16.6. The largest absolute Gasteiger partial charge is 0.270 e. The summed E-state index contributed by atoms with van der Waals surface area (Å²) in [7, 11) is 0. The van der Waals surface area contributed by atoms with Gasteiger partial charge < -0.3 is 0 Å². The van der Waals surface area contributed by atoms with E-state index in [-0.39, 0.29) is 11.7 Å². The van der Waals surface area contributed by atoms with Crippen molar-refractivity contribution in [2.75, 3.05) is 0 Å². The van der Waals surface area contributed by atoms with Crippen LogP contribution in [0.3, 0.4) is 0 Å². The van der Waals surface area contributed by atoms with Gasteiger partial charge in [0.2, 0.25) is 0 Å². The molecule has 1 aromatic rings. The summed E-state index contributed by atoms with van der Waals surface area (Å²) >= 11 is 0. The molecule has 0 unspecified atom stereocenters. The second-order valence-corrected chi connectivity index (χ2v) is 3.93. The zero-order valence-corrected chi connectivity index (χ0v) is 9.54. The molecule has 7 nitrogen and oxygen atoms in total. The Morgan fingerprint density at radius 3 is 2.88 bits per heavy atom. The van der Waals surface area contributed by atoms with E-state index in [1.54, 1.807) is 17.1 Å². The Kier molecular flexibility index (Phi) is 2.92. The molecule has 1 aromatic carbocycles. The van der Waals surface area contributed by atoms with Crippen LogP contribution >= 0.6 is 0 Å². The van der Waals surface area contributed by atoms with E-state index in [1.807, 2.05) is 13.8 Å². The number of non-ortho nitro benzene ring substituents is 1. The highest BCUT2D eigenvalue weighted by Gasteiger charge is 2.22. The first-order valence-corrected chi connectivity index (χ1v) is 5.22. The predicted molar refractivity (Wildman–Crippen MR) is 62.9 cm³/mol. The van der Waals surface area contributed by atoms with E-state index in [1.165, 1.54) is 12.1 Å². The number of hydrazine groups is 2. The minimum absolute atomic E-state index is 0.0563. The fraction of sp³-hybridized carbons (Fsp3) is 0.300. The highest BCUT2D eigenvalue weighted by Crippen LogP contribution is 2.16.